The number of benzene rings is 2. The lowest BCUT2D eigenvalue weighted by Gasteiger charge is -2.31. The van der Waals surface area contributed by atoms with Gasteiger partial charge in [-0.2, -0.15) is 13.2 Å². The Hall–Kier alpha value is -2.65. The lowest BCUT2D eigenvalue weighted by atomic mass is 10.0. The molecule has 1 heterocycles. The first-order valence-corrected chi connectivity index (χ1v) is 8.82. The van der Waals surface area contributed by atoms with Crippen LogP contribution in [0.15, 0.2) is 48.5 Å². The first-order chi connectivity index (χ1) is 13.3. The van der Waals surface area contributed by atoms with Gasteiger partial charge in [0.1, 0.15) is 5.56 Å². The van der Waals surface area contributed by atoms with Crippen molar-refractivity contribution in [3.8, 4) is 0 Å². The van der Waals surface area contributed by atoms with Crippen molar-refractivity contribution in [1.82, 2.24) is 4.90 Å². The van der Waals surface area contributed by atoms with Gasteiger partial charge in [-0.3, -0.25) is 15.0 Å². The molecule has 2 aromatic carbocycles. The smallest absolute Gasteiger partial charge is 0.379 e. The fourth-order valence-electron chi connectivity index (χ4n) is 3.17. The van der Waals surface area contributed by atoms with Gasteiger partial charge >= 0.3 is 6.18 Å². The summed E-state index contributed by atoms with van der Waals surface area (Å²) >= 11 is 0. The SMILES string of the molecule is O=[N+]([O-])c1ccc(NC(CN2CCOCC2)c2ccccc2)cc1C(F)(F)F. The Bertz CT molecular complexity index is 809. The third-order valence-corrected chi connectivity index (χ3v) is 4.59. The maximum atomic E-state index is 13.3. The molecule has 1 saturated heterocycles. The van der Waals surface area contributed by atoms with Gasteiger partial charge in [0.15, 0.2) is 0 Å². The molecule has 1 N–H and O–H groups in total. The van der Waals surface area contributed by atoms with Crippen LogP contribution in [0.2, 0.25) is 0 Å². The standard InChI is InChI=1S/C19H20F3N3O3/c20-19(21,22)16-12-15(6-7-18(16)25(26)27)23-17(14-4-2-1-3-5-14)13-24-8-10-28-11-9-24/h1-7,12,17,23H,8-11,13H2. The number of nitro benzene ring substituents is 1. The van der Waals surface area contributed by atoms with Crippen LogP contribution in [-0.2, 0) is 10.9 Å². The summed E-state index contributed by atoms with van der Waals surface area (Å²) in [6.07, 6.45) is -4.81. The van der Waals surface area contributed by atoms with Gasteiger partial charge < -0.3 is 10.1 Å². The Labute approximate surface area is 160 Å². The van der Waals surface area contributed by atoms with Crippen LogP contribution in [-0.4, -0.2) is 42.7 Å². The zero-order valence-electron chi connectivity index (χ0n) is 15.0. The second kappa shape index (κ2) is 8.57. The van der Waals surface area contributed by atoms with Gasteiger partial charge in [0.05, 0.1) is 24.2 Å². The molecule has 0 bridgehead atoms. The monoisotopic (exact) mass is 395 g/mol. The van der Waals surface area contributed by atoms with E-state index in [1.807, 2.05) is 30.3 Å². The summed E-state index contributed by atoms with van der Waals surface area (Å²) < 4.78 is 45.1. The lowest BCUT2D eigenvalue weighted by molar-refractivity contribution is -0.388. The van der Waals surface area contributed by atoms with Crippen molar-refractivity contribution in [2.24, 2.45) is 0 Å². The van der Waals surface area contributed by atoms with E-state index in [0.29, 0.717) is 19.8 Å². The van der Waals surface area contributed by atoms with E-state index in [4.69, 9.17) is 4.74 Å². The average Bonchev–Trinajstić information content (AvgIpc) is 2.68. The predicted molar refractivity (Wildman–Crippen MR) is 98.2 cm³/mol. The topological polar surface area (TPSA) is 67.6 Å². The summed E-state index contributed by atoms with van der Waals surface area (Å²) in [6, 6.07) is 12.1. The van der Waals surface area contributed by atoms with Gasteiger partial charge in [-0.1, -0.05) is 30.3 Å². The predicted octanol–water partition coefficient (Wildman–Crippen LogP) is 4.10. The third-order valence-electron chi connectivity index (χ3n) is 4.59. The van der Waals surface area contributed by atoms with Crippen molar-refractivity contribution in [1.29, 1.82) is 0 Å². The van der Waals surface area contributed by atoms with Crippen LogP contribution in [0.4, 0.5) is 24.5 Å². The zero-order chi connectivity index (χ0) is 20.1. The molecule has 0 aromatic heterocycles. The average molecular weight is 395 g/mol. The number of alkyl halides is 3. The number of ether oxygens (including phenoxy) is 1. The van der Waals surface area contributed by atoms with Gasteiger partial charge in [-0.05, 0) is 17.7 Å². The number of nitro groups is 1. The van der Waals surface area contributed by atoms with E-state index in [1.165, 1.54) is 6.07 Å². The molecule has 0 amide bonds. The third kappa shape index (κ3) is 4.99. The fourth-order valence-corrected chi connectivity index (χ4v) is 3.17. The minimum Gasteiger partial charge on any atom is -0.379 e. The number of hydrogen-bond donors (Lipinski definition) is 1. The minimum atomic E-state index is -4.81. The number of nitrogens with zero attached hydrogens (tertiary/aromatic N) is 2. The van der Waals surface area contributed by atoms with E-state index in [0.717, 1.165) is 30.8 Å². The van der Waals surface area contributed by atoms with Gasteiger partial charge in [-0.25, -0.2) is 0 Å². The Morgan fingerprint density at radius 2 is 1.82 bits per heavy atom. The molecule has 2 aromatic rings. The molecule has 3 rings (SSSR count). The first-order valence-electron chi connectivity index (χ1n) is 8.82. The quantitative estimate of drug-likeness (QED) is 0.589. The van der Waals surface area contributed by atoms with Crippen LogP contribution in [0.3, 0.4) is 0 Å². The van der Waals surface area contributed by atoms with Crippen LogP contribution in [0.5, 0.6) is 0 Å². The van der Waals surface area contributed by atoms with Crippen LogP contribution in [0, 0.1) is 10.1 Å². The van der Waals surface area contributed by atoms with Gasteiger partial charge in [-0.15, -0.1) is 0 Å². The number of nitrogens with one attached hydrogen (secondary N) is 1. The highest BCUT2D eigenvalue weighted by atomic mass is 19.4. The van der Waals surface area contributed by atoms with Crippen molar-refractivity contribution in [3.63, 3.8) is 0 Å². The molecular formula is C19H20F3N3O3. The molecule has 1 fully saturated rings. The molecular weight excluding hydrogens is 375 g/mol. The lowest BCUT2D eigenvalue weighted by Crippen LogP contribution is -2.40. The van der Waals surface area contributed by atoms with E-state index in [1.54, 1.807) is 0 Å². The minimum absolute atomic E-state index is 0.181. The Morgan fingerprint density at radius 3 is 2.43 bits per heavy atom. The normalized spacial score (nSPS) is 16.5. The van der Waals surface area contributed by atoms with Gasteiger partial charge in [0.2, 0.25) is 0 Å². The molecule has 6 nitrogen and oxygen atoms in total. The molecule has 1 aliphatic rings. The number of hydrogen-bond acceptors (Lipinski definition) is 5. The zero-order valence-corrected chi connectivity index (χ0v) is 15.0. The van der Waals surface area contributed by atoms with Crippen LogP contribution >= 0.6 is 0 Å². The molecule has 0 saturated carbocycles. The Morgan fingerprint density at radius 1 is 1.14 bits per heavy atom. The number of anilines is 1. The van der Waals surface area contributed by atoms with Crippen molar-refractivity contribution in [2.45, 2.75) is 12.2 Å². The van der Waals surface area contributed by atoms with E-state index < -0.39 is 22.4 Å². The Kier molecular flexibility index (Phi) is 6.15. The second-order valence-corrected chi connectivity index (χ2v) is 6.51. The number of rotatable bonds is 6. The number of halogens is 3. The van der Waals surface area contributed by atoms with Crippen molar-refractivity contribution >= 4 is 11.4 Å². The summed E-state index contributed by atoms with van der Waals surface area (Å²) in [5.74, 6) is 0. The maximum Gasteiger partial charge on any atom is 0.423 e. The van der Waals surface area contributed by atoms with Crippen LogP contribution in [0.25, 0.3) is 0 Å². The first kappa shape index (κ1) is 20.1. The molecule has 0 radical (unpaired) electrons. The van der Waals surface area contributed by atoms with Crippen LogP contribution < -0.4 is 5.32 Å². The molecule has 150 valence electrons. The Balaban J connectivity index is 1.88. The molecule has 1 aliphatic heterocycles. The summed E-state index contributed by atoms with van der Waals surface area (Å²) in [5, 5.41) is 14.1. The van der Waals surface area contributed by atoms with E-state index in [9.17, 15) is 23.3 Å². The summed E-state index contributed by atoms with van der Waals surface area (Å²) in [4.78, 5) is 12.1. The maximum absolute atomic E-state index is 13.3. The summed E-state index contributed by atoms with van der Waals surface area (Å²) in [7, 11) is 0. The molecule has 1 atom stereocenters. The highest BCUT2D eigenvalue weighted by molar-refractivity contribution is 5.56. The van der Waals surface area contributed by atoms with E-state index in [2.05, 4.69) is 10.2 Å². The van der Waals surface area contributed by atoms with Crippen molar-refractivity contribution < 1.29 is 22.8 Å². The molecule has 0 aliphatic carbocycles. The molecule has 0 spiro atoms. The fraction of sp³-hybridized carbons (Fsp3) is 0.368. The summed E-state index contributed by atoms with van der Waals surface area (Å²) in [5.41, 5.74) is -1.12. The highest BCUT2D eigenvalue weighted by Gasteiger charge is 2.38. The largest absolute Gasteiger partial charge is 0.423 e. The van der Waals surface area contributed by atoms with Gasteiger partial charge in [0, 0.05) is 31.4 Å². The second-order valence-electron chi connectivity index (χ2n) is 6.51. The molecule has 1 unspecified atom stereocenters. The van der Waals surface area contributed by atoms with Crippen molar-refractivity contribution in [3.05, 3.63) is 69.8 Å². The molecule has 9 heteroatoms. The summed E-state index contributed by atoms with van der Waals surface area (Å²) in [6.45, 7) is 3.26. The van der Waals surface area contributed by atoms with E-state index in [-0.39, 0.29) is 11.7 Å². The van der Waals surface area contributed by atoms with E-state index >= 15 is 0 Å². The highest BCUT2D eigenvalue weighted by Crippen LogP contribution is 2.38. The molecule has 28 heavy (non-hydrogen) atoms. The van der Waals surface area contributed by atoms with Crippen LogP contribution in [0.1, 0.15) is 17.2 Å². The number of morpholine rings is 1. The van der Waals surface area contributed by atoms with Gasteiger partial charge in [0.25, 0.3) is 5.69 Å². The van der Waals surface area contributed by atoms with Crippen molar-refractivity contribution in [2.75, 3.05) is 38.2 Å².